The first-order valence-corrected chi connectivity index (χ1v) is 8.51. The third kappa shape index (κ3) is 4.88. The molecule has 1 aromatic heterocycles. The number of hydrogen-bond donors (Lipinski definition) is 2. The molecule has 2 N–H and O–H groups in total. The Hall–Kier alpha value is -3.81. The first-order valence-electron chi connectivity index (χ1n) is 8.51. The van der Waals surface area contributed by atoms with Crippen LogP contribution in [-0.4, -0.2) is 26.6 Å². The van der Waals surface area contributed by atoms with Crippen LogP contribution in [0.3, 0.4) is 0 Å². The minimum Gasteiger partial charge on any atom is -0.324 e. The van der Waals surface area contributed by atoms with E-state index < -0.39 is 11.9 Å². The van der Waals surface area contributed by atoms with Gasteiger partial charge in [-0.2, -0.15) is 5.10 Å². The van der Waals surface area contributed by atoms with Gasteiger partial charge in [0.05, 0.1) is 0 Å². The topological polar surface area (TPSA) is 88.9 Å². The van der Waals surface area contributed by atoms with E-state index in [1.807, 2.05) is 0 Å². The number of carbonyl (C=O) groups is 2. The van der Waals surface area contributed by atoms with Crippen molar-refractivity contribution < 1.29 is 14.0 Å². The molecule has 0 bridgehead atoms. The van der Waals surface area contributed by atoms with Crippen molar-refractivity contribution in [3.05, 3.63) is 78.6 Å². The number of nitrogens with zero attached hydrogens (tertiary/aromatic N) is 3. The van der Waals surface area contributed by atoms with E-state index in [0.717, 1.165) is 0 Å². The summed E-state index contributed by atoms with van der Waals surface area (Å²) in [6.07, 6.45) is 5.50. The van der Waals surface area contributed by atoms with Crippen LogP contribution in [0.2, 0.25) is 0 Å². The number of benzene rings is 2. The summed E-state index contributed by atoms with van der Waals surface area (Å²) in [7, 11) is 0. The molecule has 1 unspecified atom stereocenters. The number of hydrogen-bond acceptors (Lipinski definition) is 4. The number of rotatable bonds is 6. The van der Waals surface area contributed by atoms with Gasteiger partial charge in [0.2, 0.25) is 11.8 Å². The van der Waals surface area contributed by atoms with Gasteiger partial charge in [0.25, 0.3) is 0 Å². The molecule has 2 aromatic carbocycles. The van der Waals surface area contributed by atoms with E-state index in [4.69, 9.17) is 0 Å². The number of nitrogens with one attached hydrogen (secondary N) is 2. The van der Waals surface area contributed by atoms with Crippen LogP contribution in [0.15, 0.2) is 67.3 Å². The molecule has 0 fully saturated rings. The second-order valence-electron chi connectivity index (χ2n) is 5.96. The molecule has 0 aliphatic carbocycles. The molecule has 0 aliphatic rings. The molecule has 8 heteroatoms. The van der Waals surface area contributed by atoms with Crippen molar-refractivity contribution in [3.63, 3.8) is 0 Å². The van der Waals surface area contributed by atoms with Crippen LogP contribution in [0.4, 0.5) is 15.8 Å². The van der Waals surface area contributed by atoms with Crippen LogP contribution in [-0.2, 0) is 9.59 Å². The zero-order valence-electron chi connectivity index (χ0n) is 15.0. The minimum atomic E-state index is -0.509. The van der Waals surface area contributed by atoms with Crippen molar-refractivity contribution in [1.82, 2.24) is 14.8 Å². The Morgan fingerprint density at radius 2 is 1.75 bits per heavy atom. The third-order valence-corrected chi connectivity index (χ3v) is 3.95. The summed E-state index contributed by atoms with van der Waals surface area (Å²) in [5.74, 6) is -1.03. The van der Waals surface area contributed by atoms with E-state index in [-0.39, 0.29) is 11.8 Å². The SMILES string of the molecule is CC(C(=O)Nc1ccc(NC(=O)C=Cc2ccccc2F)cc1)n1cncn1. The maximum absolute atomic E-state index is 13.5. The Labute approximate surface area is 160 Å². The molecule has 0 saturated carbocycles. The highest BCUT2D eigenvalue weighted by Gasteiger charge is 2.15. The van der Waals surface area contributed by atoms with E-state index in [1.165, 1.54) is 35.6 Å². The highest BCUT2D eigenvalue weighted by atomic mass is 19.1. The van der Waals surface area contributed by atoms with E-state index in [1.54, 1.807) is 49.4 Å². The van der Waals surface area contributed by atoms with Crippen molar-refractivity contribution in [2.75, 3.05) is 10.6 Å². The second kappa shape index (κ2) is 8.72. The second-order valence-corrected chi connectivity index (χ2v) is 5.96. The van der Waals surface area contributed by atoms with Crippen LogP contribution < -0.4 is 10.6 Å². The van der Waals surface area contributed by atoms with Gasteiger partial charge in [-0.3, -0.25) is 9.59 Å². The van der Waals surface area contributed by atoms with Gasteiger partial charge in [-0.1, -0.05) is 18.2 Å². The number of carbonyl (C=O) groups excluding carboxylic acids is 2. The van der Waals surface area contributed by atoms with Crippen molar-refractivity contribution in [2.24, 2.45) is 0 Å². The minimum absolute atomic E-state index is 0.241. The van der Waals surface area contributed by atoms with Crippen LogP contribution in [0.25, 0.3) is 6.08 Å². The zero-order valence-corrected chi connectivity index (χ0v) is 15.0. The summed E-state index contributed by atoms with van der Waals surface area (Å²) in [6.45, 7) is 1.71. The molecule has 3 rings (SSSR count). The molecule has 0 radical (unpaired) electrons. The number of anilines is 2. The fourth-order valence-corrected chi connectivity index (χ4v) is 2.38. The van der Waals surface area contributed by atoms with Crippen LogP contribution in [0, 0.1) is 5.82 Å². The predicted octanol–water partition coefficient (Wildman–Crippen LogP) is 3.27. The maximum Gasteiger partial charge on any atom is 0.249 e. The molecule has 0 saturated heterocycles. The van der Waals surface area contributed by atoms with Gasteiger partial charge >= 0.3 is 0 Å². The lowest BCUT2D eigenvalue weighted by atomic mass is 10.2. The normalized spacial score (nSPS) is 11.9. The van der Waals surface area contributed by atoms with Crippen molar-refractivity contribution in [1.29, 1.82) is 0 Å². The molecule has 0 spiro atoms. The lowest BCUT2D eigenvalue weighted by molar-refractivity contribution is -0.119. The van der Waals surface area contributed by atoms with E-state index in [9.17, 15) is 14.0 Å². The average Bonchev–Trinajstić information content (AvgIpc) is 3.23. The average molecular weight is 379 g/mol. The first kappa shape index (κ1) is 19.0. The van der Waals surface area contributed by atoms with Crippen molar-refractivity contribution >= 4 is 29.3 Å². The Balaban J connectivity index is 1.56. The fraction of sp³-hybridized carbons (Fsp3) is 0.100. The Kier molecular flexibility index (Phi) is 5.91. The summed E-state index contributed by atoms with van der Waals surface area (Å²) in [4.78, 5) is 28.0. The molecule has 28 heavy (non-hydrogen) atoms. The standard InChI is InChI=1S/C20H18FN5O2/c1-14(26-13-22-12-23-26)20(28)25-17-9-7-16(8-10-17)24-19(27)11-6-15-4-2-3-5-18(15)21/h2-14H,1H3,(H,24,27)(H,25,28). The monoisotopic (exact) mass is 379 g/mol. The summed E-state index contributed by atoms with van der Waals surface area (Å²) in [5.41, 5.74) is 1.46. The van der Waals surface area contributed by atoms with Gasteiger partial charge in [-0.25, -0.2) is 14.1 Å². The lowest BCUT2D eigenvalue weighted by Gasteiger charge is -2.12. The van der Waals surface area contributed by atoms with E-state index >= 15 is 0 Å². The molecule has 3 aromatic rings. The van der Waals surface area contributed by atoms with Gasteiger partial charge in [-0.15, -0.1) is 0 Å². The predicted molar refractivity (Wildman–Crippen MR) is 104 cm³/mol. The van der Waals surface area contributed by atoms with E-state index in [0.29, 0.717) is 16.9 Å². The van der Waals surface area contributed by atoms with Gasteiger partial charge in [0.15, 0.2) is 0 Å². The third-order valence-electron chi connectivity index (χ3n) is 3.95. The maximum atomic E-state index is 13.5. The Morgan fingerprint density at radius 3 is 2.39 bits per heavy atom. The quantitative estimate of drug-likeness (QED) is 0.644. The number of halogens is 1. The zero-order chi connectivity index (χ0) is 19.9. The van der Waals surface area contributed by atoms with Crippen molar-refractivity contribution in [2.45, 2.75) is 13.0 Å². The number of amides is 2. The van der Waals surface area contributed by atoms with Crippen LogP contribution >= 0.6 is 0 Å². The molecular formula is C20H18FN5O2. The number of aromatic nitrogens is 3. The van der Waals surface area contributed by atoms with E-state index in [2.05, 4.69) is 20.7 Å². The summed E-state index contributed by atoms with van der Waals surface area (Å²) in [5, 5.41) is 9.38. The van der Waals surface area contributed by atoms with Crippen LogP contribution in [0.5, 0.6) is 0 Å². The molecule has 142 valence electrons. The highest BCUT2D eigenvalue weighted by Crippen LogP contribution is 2.16. The lowest BCUT2D eigenvalue weighted by Crippen LogP contribution is -2.24. The molecular weight excluding hydrogens is 361 g/mol. The first-order chi connectivity index (χ1) is 13.5. The smallest absolute Gasteiger partial charge is 0.249 e. The molecule has 1 atom stereocenters. The Morgan fingerprint density at radius 1 is 1.07 bits per heavy atom. The Bertz CT molecular complexity index is 984. The van der Waals surface area contributed by atoms with Crippen molar-refractivity contribution in [3.8, 4) is 0 Å². The fourth-order valence-electron chi connectivity index (χ4n) is 2.38. The molecule has 2 amide bonds. The highest BCUT2D eigenvalue weighted by molar-refractivity contribution is 6.02. The molecule has 0 aliphatic heterocycles. The van der Waals surface area contributed by atoms with Gasteiger partial charge in [0, 0.05) is 23.0 Å². The van der Waals surface area contributed by atoms with Gasteiger partial charge in [-0.05, 0) is 43.3 Å². The largest absolute Gasteiger partial charge is 0.324 e. The summed E-state index contributed by atoms with van der Waals surface area (Å²) in [6, 6.07) is 12.3. The molecule has 1 heterocycles. The van der Waals surface area contributed by atoms with Crippen LogP contribution in [0.1, 0.15) is 18.5 Å². The molecule has 7 nitrogen and oxygen atoms in total. The van der Waals surface area contributed by atoms with Gasteiger partial charge in [0.1, 0.15) is 24.5 Å². The van der Waals surface area contributed by atoms with Gasteiger partial charge < -0.3 is 10.6 Å². The summed E-state index contributed by atoms with van der Waals surface area (Å²) < 4.78 is 15.0. The summed E-state index contributed by atoms with van der Waals surface area (Å²) >= 11 is 0.